The number of hydrogen-bond acceptors (Lipinski definition) is 2. The number of hydrogen-bond donors (Lipinski definition) is 1. The number of aromatic nitrogens is 2. The molecule has 1 heterocycles. The van der Waals surface area contributed by atoms with Crippen molar-refractivity contribution in [3.63, 3.8) is 0 Å². The van der Waals surface area contributed by atoms with Crippen LogP contribution in [0.25, 0.3) is 11.0 Å². The molecule has 4 heteroatoms. The highest BCUT2D eigenvalue weighted by atomic mass is 16.1. The van der Waals surface area contributed by atoms with Crippen LogP contribution in [-0.2, 0) is 24.2 Å². The third-order valence-corrected chi connectivity index (χ3v) is 8.98. The van der Waals surface area contributed by atoms with E-state index in [1.54, 1.807) is 0 Å². The largest absolute Gasteiger partial charge is 0.356 e. The van der Waals surface area contributed by atoms with E-state index in [2.05, 4.69) is 54.1 Å². The Bertz CT molecular complexity index is 1150. The van der Waals surface area contributed by atoms with Gasteiger partial charge in [-0.1, -0.05) is 146 Å². The second-order valence-corrected chi connectivity index (χ2v) is 12.7. The SMILES string of the molecule is CCCCCCCCCCCCCCCCCCn1c(CCCCCNC(=O)Cc2ccccc2C)nc2ccccc21. The molecule has 1 amide bonds. The van der Waals surface area contributed by atoms with E-state index in [1.165, 1.54) is 120 Å². The molecule has 0 aliphatic rings. The van der Waals surface area contributed by atoms with E-state index in [0.29, 0.717) is 6.42 Å². The Balaban J connectivity index is 1.24. The van der Waals surface area contributed by atoms with Gasteiger partial charge in [0.15, 0.2) is 0 Å². The van der Waals surface area contributed by atoms with Crippen molar-refractivity contribution in [2.75, 3.05) is 6.54 Å². The number of aryl methyl sites for hydroxylation is 3. The van der Waals surface area contributed by atoms with Gasteiger partial charge in [-0.15, -0.1) is 0 Å². The van der Waals surface area contributed by atoms with E-state index in [9.17, 15) is 4.79 Å². The minimum Gasteiger partial charge on any atom is -0.356 e. The van der Waals surface area contributed by atoms with Crippen molar-refractivity contribution in [1.29, 1.82) is 0 Å². The maximum atomic E-state index is 12.3. The predicted molar refractivity (Wildman–Crippen MR) is 185 cm³/mol. The number of imidazole rings is 1. The number of rotatable bonds is 25. The number of unbranched alkanes of at least 4 members (excludes halogenated alkanes) is 17. The zero-order valence-corrected chi connectivity index (χ0v) is 27.7. The topological polar surface area (TPSA) is 46.9 Å². The van der Waals surface area contributed by atoms with E-state index in [-0.39, 0.29) is 5.91 Å². The molecule has 0 bridgehead atoms. The molecule has 3 aromatic rings. The van der Waals surface area contributed by atoms with Gasteiger partial charge in [0, 0.05) is 19.5 Å². The molecule has 3 rings (SSSR count). The third kappa shape index (κ3) is 14.1. The molecule has 2 aromatic carbocycles. The van der Waals surface area contributed by atoms with Gasteiger partial charge in [-0.2, -0.15) is 0 Å². The minimum atomic E-state index is 0.120. The van der Waals surface area contributed by atoms with Crippen LogP contribution in [0.4, 0.5) is 0 Å². The summed E-state index contributed by atoms with van der Waals surface area (Å²) in [5.74, 6) is 1.35. The van der Waals surface area contributed by atoms with Crippen LogP contribution in [0.5, 0.6) is 0 Å². The van der Waals surface area contributed by atoms with Crippen LogP contribution < -0.4 is 5.32 Å². The molecule has 0 radical (unpaired) electrons. The number of para-hydroxylation sites is 2. The summed E-state index contributed by atoms with van der Waals surface area (Å²) in [6, 6.07) is 16.7. The zero-order valence-electron chi connectivity index (χ0n) is 27.7. The fourth-order valence-corrected chi connectivity index (χ4v) is 6.24. The van der Waals surface area contributed by atoms with Gasteiger partial charge in [-0.3, -0.25) is 4.79 Å². The first kappa shape index (κ1) is 34.9. The number of carbonyl (C=O) groups excluding carboxylic acids is 1. The fraction of sp³-hybridized carbons (Fsp3) is 0.641. The molecule has 0 spiro atoms. The Morgan fingerprint density at radius 3 is 1.88 bits per heavy atom. The van der Waals surface area contributed by atoms with Crippen molar-refractivity contribution >= 4 is 16.9 Å². The van der Waals surface area contributed by atoms with Crippen LogP contribution >= 0.6 is 0 Å². The van der Waals surface area contributed by atoms with Crippen molar-refractivity contribution in [3.8, 4) is 0 Å². The van der Waals surface area contributed by atoms with E-state index >= 15 is 0 Å². The van der Waals surface area contributed by atoms with E-state index in [4.69, 9.17) is 4.98 Å². The van der Waals surface area contributed by atoms with Gasteiger partial charge in [-0.05, 0) is 49.4 Å². The third-order valence-electron chi connectivity index (χ3n) is 8.98. The summed E-state index contributed by atoms with van der Waals surface area (Å²) >= 11 is 0. The van der Waals surface area contributed by atoms with Crippen molar-refractivity contribution in [3.05, 3.63) is 65.5 Å². The molecule has 0 unspecified atom stereocenters. The molecule has 0 aliphatic carbocycles. The molecule has 43 heavy (non-hydrogen) atoms. The molecule has 238 valence electrons. The highest BCUT2D eigenvalue weighted by Crippen LogP contribution is 2.20. The van der Waals surface area contributed by atoms with Crippen LogP contribution in [0.2, 0.25) is 0 Å². The molecular weight excluding hydrogens is 526 g/mol. The average Bonchev–Trinajstić information content (AvgIpc) is 3.37. The van der Waals surface area contributed by atoms with Crippen molar-refractivity contribution in [2.24, 2.45) is 0 Å². The van der Waals surface area contributed by atoms with Gasteiger partial charge >= 0.3 is 0 Å². The lowest BCUT2D eigenvalue weighted by atomic mass is 10.0. The quantitative estimate of drug-likeness (QED) is 0.100. The summed E-state index contributed by atoms with van der Waals surface area (Å²) < 4.78 is 2.48. The summed E-state index contributed by atoms with van der Waals surface area (Å²) in [5.41, 5.74) is 4.70. The second kappa shape index (κ2) is 22.0. The maximum absolute atomic E-state index is 12.3. The number of carbonyl (C=O) groups is 1. The predicted octanol–water partition coefficient (Wildman–Crippen LogP) is 10.7. The Kier molecular flexibility index (Phi) is 17.8. The first-order chi connectivity index (χ1) is 21.2. The summed E-state index contributed by atoms with van der Waals surface area (Å²) in [6.07, 6.45) is 27.1. The van der Waals surface area contributed by atoms with E-state index < -0.39 is 0 Å². The summed E-state index contributed by atoms with van der Waals surface area (Å²) in [7, 11) is 0. The van der Waals surface area contributed by atoms with Gasteiger partial charge in [-0.25, -0.2) is 4.98 Å². The highest BCUT2D eigenvalue weighted by molar-refractivity contribution is 5.78. The average molecular weight is 588 g/mol. The number of amides is 1. The lowest BCUT2D eigenvalue weighted by Gasteiger charge is -2.10. The van der Waals surface area contributed by atoms with Crippen LogP contribution in [0, 0.1) is 6.92 Å². The molecule has 0 fully saturated rings. The molecule has 1 aromatic heterocycles. The van der Waals surface area contributed by atoms with E-state index in [0.717, 1.165) is 49.9 Å². The van der Waals surface area contributed by atoms with Crippen molar-refractivity contribution < 1.29 is 4.79 Å². The Hall–Kier alpha value is -2.62. The Labute approximate surface area is 263 Å². The standard InChI is InChI=1S/C39H61N3O/c1-3-4-5-6-7-8-9-10-11-12-13-14-15-16-17-25-32-42-37-29-23-22-28-36(37)41-38(42)30-19-18-24-31-40-39(43)33-35-27-21-20-26-34(35)2/h20-23,26-29H,3-19,24-25,30-33H2,1-2H3,(H,40,43). The number of nitrogens with zero attached hydrogens (tertiary/aromatic N) is 2. The normalized spacial score (nSPS) is 11.4. The van der Waals surface area contributed by atoms with Crippen LogP contribution in [0.15, 0.2) is 48.5 Å². The summed E-state index contributed by atoms with van der Waals surface area (Å²) in [5, 5.41) is 3.10. The first-order valence-corrected chi connectivity index (χ1v) is 17.9. The molecule has 0 saturated heterocycles. The van der Waals surface area contributed by atoms with Crippen molar-refractivity contribution in [2.45, 2.75) is 155 Å². The van der Waals surface area contributed by atoms with Crippen LogP contribution in [0.3, 0.4) is 0 Å². The number of nitrogens with one attached hydrogen (secondary N) is 1. The number of benzene rings is 2. The summed E-state index contributed by atoms with van der Waals surface area (Å²) in [6.45, 7) is 6.18. The smallest absolute Gasteiger partial charge is 0.224 e. The number of fused-ring (bicyclic) bond motifs is 1. The molecule has 1 N–H and O–H groups in total. The van der Waals surface area contributed by atoms with Gasteiger partial charge in [0.05, 0.1) is 17.5 Å². The lowest BCUT2D eigenvalue weighted by molar-refractivity contribution is -0.120. The van der Waals surface area contributed by atoms with E-state index in [1.807, 2.05) is 18.2 Å². The second-order valence-electron chi connectivity index (χ2n) is 12.7. The highest BCUT2D eigenvalue weighted by Gasteiger charge is 2.10. The van der Waals surface area contributed by atoms with Gasteiger partial charge < -0.3 is 9.88 Å². The molecule has 4 nitrogen and oxygen atoms in total. The monoisotopic (exact) mass is 587 g/mol. The minimum absolute atomic E-state index is 0.120. The van der Waals surface area contributed by atoms with Gasteiger partial charge in [0.2, 0.25) is 5.91 Å². The first-order valence-electron chi connectivity index (χ1n) is 17.9. The lowest BCUT2D eigenvalue weighted by Crippen LogP contribution is -2.26. The van der Waals surface area contributed by atoms with Crippen LogP contribution in [0.1, 0.15) is 146 Å². The van der Waals surface area contributed by atoms with Gasteiger partial charge in [0.25, 0.3) is 0 Å². The summed E-state index contributed by atoms with van der Waals surface area (Å²) in [4.78, 5) is 17.3. The zero-order chi connectivity index (χ0) is 30.4. The Morgan fingerprint density at radius 1 is 0.674 bits per heavy atom. The maximum Gasteiger partial charge on any atom is 0.224 e. The van der Waals surface area contributed by atoms with Gasteiger partial charge in [0.1, 0.15) is 5.82 Å². The molecule has 0 aliphatic heterocycles. The molecular formula is C39H61N3O. The molecule has 0 atom stereocenters. The Morgan fingerprint density at radius 2 is 1.23 bits per heavy atom. The fourth-order valence-electron chi connectivity index (χ4n) is 6.24. The van der Waals surface area contributed by atoms with Crippen molar-refractivity contribution in [1.82, 2.24) is 14.9 Å². The molecule has 0 saturated carbocycles. The van der Waals surface area contributed by atoms with Crippen LogP contribution in [-0.4, -0.2) is 22.0 Å².